The van der Waals surface area contributed by atoms with Gasteiger partial charge in [0.1, 0.15) is 11.9 Å². The van der Waals surface area contributed by atoms with E-state index in [0.29, 0.717) is 29.6 Å². The lowest BCUT2D eigenvalue weighted by Gasteiger charge is -2.35. The van der Waals surface area contributed by atoms with Crippen molar-refractivity contribution >= 4 is 33.8 Å². The molecule has 0 aliphatic carbocycles. The third kappa shape index (κ3) is 5.91. The predicted molar refractivity (Wildman–Crippen MR) is 141 cm³/mol. The maximum Gasteiger partial charge on any atom is 0.303 e. The molecule has 0 saturated carbocycles. The summed E-state index contributed by atoms with van der Waals surface area (Å²) in [5, 5.41) is 13.4. The molecule has 3 heterocycles. The number of benzene rings is 1. The highest BCUT2D eigenvalue weighted by Gasteiger charge is 2.37. The van der Waals surface area contributed by atoms with Crippen molar-refractivity contribution in [2.45, 2.75) is 44.2 Å². The van der Waals surface area contributed by atoms with Crippen LogP contribution in [0.15, 0.2) is 47.5 Å². The third-order valence-corrected chi connectivity index (χ3v) is 7.63. The van der Waals surface area contributed by atoms with Crippen molar-refractivity contribution in [3.8, 4) is 17.5 Å². The number of pyridine rings is 1. The molecule has 1 atom stereocenters. The van der Waals surface area contributed by atoms with E-state index in [1.54, 1.807) is 44.4 Å². The molecule has 0 amide bonds. The number of aryl methyl sites for hydroxylation is 1. The van der Waals surface area contributed by atoms with Gasteiger partial charge < -0.3 is 19.3 Å². The van der Waals surface area contributed by atoms with E-state index < -0.39 is 22.1 Å². The number of nitrogens with zero attached hydrogens (tertiary/aromatic N) is 4. The van der Waals surface area contributed by atoms with Crippen molar-refractivity contribution in [3.63, 3.8) is 0 Å². The van der Waals surface area contributed by atoms with Gasteiger partial charge >= 0.3 is 5.97 Å². The van der Waals surface area contributed by atoms with Crippen LogP contribution in [0, 0.1) is 0 Å². The van der Waals surface area contributed by atoms with Gasteiger partial charge in [-0.25, -0.2) is 13.4 Å². The summed E-state index contributed by atoms with van der Waals surface area (Å²) in [6.07, 6.45) is 4.40. The average Bonchev–Trinajstić information content (AvgIpc) is 3.34. The number of sulfonamides is 1. The Morgan fingerprint density at radius 2 is 2.05 bits per heavy atom. The molecule has 1 aromatic carbocycles. The van der Waals surface area contributed by atoms with E-state index in [2.05, 4.69) is 10.1 Å². The monoisotopic (exact) mass is 542 g/mol. The summed E-state index contributed by atoms with van der Waals surface area (Å²) in [5.41, 5.74) is 1.73. The minimum atomic E-state index is -4.14. The van der Waals surface area contributed by atoms with Crippen LogP contribution < -0.4 is 18.5 Å². The van der Waals surface area contributed by atoms with E-state index in [1.807, 2.05) is 25.1 Å². The Hall–Kier alpha value is -4.06. The molecular weight excluding hydrogens is 512 g/mol. The molecule has 2 aromatic heterocycles. The number of aromatic nitrogens is 3. The summed E-state index contributed by atoms with van der Waals surface area (Å²) in [4.78, 5) is 15.5. The lowest BCUT2D eigenvalue weighted by molar-refractivity contribution is -0.137. The van der Waals surface area contributed by atoms with Crippen molar-refractivity contribution in [2.75, 3.05) is 24.6 Å². The Bertz CT molecular complexity index is 1440. The first kappa shape index (κ1) is 27.0. The molecule has 3 aromatic rings. The van der Waals surface area contributed by atoms with E-state index in [4.69, 9.17) is 19.3 Å². The van der Waals surface area contributed by atoms with Gasteiger partial charge in [0.2, 0.25) is 5.88 Å². The number of fused-ring (bicyclic) bond motifs is 1. The lowest BCUT2D eigenvalue weighted by atomic mass is 10.1. The second-order valence-electron chi connectivity index (χ2n) is 8.46. The Morgan fingerprint density at radius 1 is 1.24 bits per heavy atom. The first-order chi connectivity index (χ1) is 18.2. The van der Waals surface area contributed by atoms with E-state index in [1.165, 1.54) is 15.2 Å². The van der Waals surface area contributed by atoms with Crippen molar-refractivity contribution < 1.29 is 32.5 Å². The molecule has 0 fully saturated rings. The number of aliphatic carboxylic acids is 1. The van der Waals surface area contributed by atoms with Crippen LogP contribution >= 0.6 is 0 Å². The summed E-state index contributed by atoms with van der Waals surface area (Å²) in [5.74, 6) is -0.144. The van der Waals surface area contributed by atoms with Crippen molar-refractivity contribution in [2.24, 2.45) is 0 Å². The molecule has 1 aliphatic heterocycles. The summed E-state index contributed by atoms with van der Waals surface area (Å²) in [6.45, 7) is 4.25. The van der Waals surface area contributed by atoms with Crippen LogP contribution in [-0.4, -0.2) is 60.6 Å². The van der Waals surface area contributed by atoms with Crippen molar-refractivity contribution in [1.82, 2.24) is 14.8 Å². The van der Waals surface area contributed by atoms with Crippen LogP contribution in [0.2, 0.25) is 0 Å². The maximum atomic E-state index is 14.0. The van der Waals surface area contributed by atoms with Crippen molar-refractivity contribution in [3.05, 3.63) is 53.9 Å². The molecule has 11 nitrogen and oxygen atoms in total. The fourth-order valence-corrected chi connectivity index (χ4v) is 5.57. The van der Waals surface area contributed by atoms with Gasteiger partial charge in [0.25, 0.3) is 15.9 Å². The number of ether oxygens (including phenoxy) is 3. The molecule has 38 heavy (non-hydrogen) atoms. The lowest BCUT2D eigenvalue weighted by Crippen LogP contribution is -2.43. The molecule has 0 radical (unpaired) electrons. The Labute approximate surface area is 221 Å². The Balaban J connectivity index is 1.74. The Morgan fingerprint density at radius 3 is 2.76 bits per heavy atom. The number of hydrogen-bond donors (Lipinski definition) is 1. The van der Waals surface area contributed by atoms with E-state index in [-0.39, 0.29) is 36.8 Å². The minimum Gasteiger partial charge on any atom is -0.486 e. The molecule has 1 N–H and O–H groups in total. The molecule has 4 rings (SSSR count). The summed E-state index contributed by atoms with van der Waals surface area (Å²) >= 11 is 0. The average molecular weight is 543 g/mol. The number of hydrogen-bond acceptors (Lipinski definition) is 8. The topological polar surface area (TPSA) is 133 Å². The van der Waals surface area contributed by atoms with E-state index >= 15 is 0 Å². The first-order valence-electron chi connectivity index (χ1n) is 12.2. The van der Waals surface area contributed by atoms with E-state index in [9.17, 15) is 13.2 Å². The Kier molecular flexibility index (Phi) is 8.20. The maximum absolute atomic E-state index is 14.0. The zero-order valence-corrected chi connectivity index (χ0v) is 22.2. The molecule has 0 spiro atoms. The van der Waals surface area contributed by atoms with Gasteiger partial charge in [0, 0.05) is 25.2 Å². The summed E-state index contributed by atoms with van der Waals surface area (Å²) in [7, 11) is -2.60. The normalized spacial score (nSPS) is 15.2. The van der Waals surface area contributed by atoms with Crippen molar-refractivity contribution in [1.29, 1.82) is 0 Å². The fourth-order valence-electron chi connectivity index (χ4n) is 3.99. The fraction of sp³-hybridized carbons (Fsp3) is 0.346. The number of rotatable bonds is 11. The number of anilines is 1. The molecule has 12 heteroatoms. The molecule has 0 bridgehead atoms. The van der Waals surface area contributed by atoms with Gasteiger partial charge in [-0.1, -0.05) is 18.2 Å². The molecule has 1 aliphatic rings. The summed E-state index contributed by atoms with van der Waals surface area (Å²) < 4.78 is 47.5. The van der Waals surface area contributed by atoms with Gasteiger partial charge in [0.05, 0.1) is 31.6 Å². The highest BCUT2D eigenvalue weighted by Crippen LogP contribution is 2.40. The molecular formula is C26H30N4O7S. The van der Waals surface area contributed by atoms with Gasteiger partial charge in [-0.15, -0.1) is 5.10 Å². The predicted octanol–water partition coefficient (Wildman–Crippen LogP) is 3.70. The SMILES string of the molecule is CCOc1nn(CC)cc1S(=O)(=O)N1C[C@H](CCC(=O)O)Oc2ccc(/C=C/c3cccc(OC)n3)cc21. The largest absolute Gasteiger partial charge is 0.486 e. The number of carbonyl (C=O) groups is 1. The summed E-state index contributed by atoms with van der Waals surface area (Å²) in [6, 6.07) is 10.6. The highest BCUT2D eigenvalue weighted by molar-refractivity contribution is 7.93. The third-order valence-electron chi connectivity index (χ3n) is 5.87. The quantitative estimate of drug-likeness (QED) is 0.385. The van der Waals surface area contributed by atoms with Crippen LogP contribution in [0.3, 0.4) is 0 Å². The zero-order chi connectivity index (χ0) is 27.3. The second-order valence-corrected chi connectivity index (χ2v) is 10.3. The smallest absolute Gasteiger partial charge is 0.303 e. The first-order valence-corrected chi connectivity index (χ1v) is 13.6. The minimum absolute atomic E-state index is 0.0182. The molecule has 202 valence electrons. The number of methoxy groups -OCH3 is 1. The van der Waals surface area contributed by atoms with Crippen LogP contribution in [0.1, 0.15) is 37.9 Å². The van der Waals surface area contributed by atoms with Crippen LogP contribution in [0.5, 0.6) is 17.5 Å². The zero-order valence-electron chi connectivity index (χ0n) is 21.4. The second kappa shape index (κ2) is 11.5. The van der Waals surface area contributed by atoms with Crippen LogP contribution in [-0.2, 0) is 21.4 Å². The highest BCUT2D eigenvalue weighted by atomic mass is 32.2. The van der Waals surface area contributed by atoms with Crippen LogP contribution in [0.4, 0.5) is 5.69 Å². The molecule has 0 saturated heterocycles. The number of carboxylic acid groups (broad SMARTS) is 1. The van der Waals surface area contributed by atoms with Gasteiger partial charge in [0.15, 0.2) is 4.90 Å². The standard InChI is InChI=1S/C26H30N4O7S/c1-4-29-17-23(26(28-29)36-5-2)38(33,34)30-16-20(12-14-25(31)32)37-22-13-10-18(15-21(22)30)9-11-19-7-6-8-24(27-19)35-3/h6-11,13,15,17,20H,4-5,12,14,16H2,1-3H3,(H,31,32)/b11-9+/t20-/m0/s1. The molecule has 0 unspecified atom stereocenters. The number of carboxylic acids is 1. The van der Waals surface area contributed by atoms with Gasteiger partial charge in [-0.05, 0) is 50.1 Å². The van der Waals surface area contributed by atoms with Crippen LogP contribution in [0.25, 0.3) is 12.2 Å². The van der Waals surface area contributed by atoms with Gasteiger partial charge in [-0.3, -0.25) is 13.8 Å². The van der Waals surface area contributed by atoms with Gasteiger partial charge in [-0.2, -0.15) is 0 Å². The van der Waals surface area contributed by atoms with E-state index in [0.717, 1.165) is 5.56 Å².